The van der Waals surface area contributed by atoms with Crippen LogP contribution in [0.4, 0.5) is 11.5 Å². The second-order valence-corrected chi connectivity index (χ2v) is 5.19. The molecule has 0 bridgehead atoms. The molecular weight excluding hydrogens is 242 g/mol. The predicted molar refractivity (Wildman–Crippen MR) is 72.4 cm³/mol. The number of hydrogen-bond acceptors (Lipinski definition) is 5. The molecule has 0 saturated carbocycles. The van der Waals surface area contributed by atoms with Gasteiger partial charge in [0.15, 0.2) is 0 Å². The molecule has 6 nitrogen and oxygen atoms in total. The second-order valence-electron chi connectivity index (χ2n) is 5.19. The lowest BCUT2D eigenvalue weighted by molar-refractivity contribution is -0.136. The van der Waals surface area contributed by atoms with E-state index in [1.807, 2.05) is 18.7 Å². The molecule has 19 heavy (non-hydrogen) atoms. The first-order chi connectivity index (χ1) is 8.87. The molecule has 1 aliphatic rings. The number of likely N-dealkylation sites (N-methyl/N-ethyl adjacent to an activating group) is 1. The Morgan fingerprint density at radius 1 is 1.47 bits per heavy atom. The van der Waals surface area contributed by atoms with Gasteiger partial charge in [-0.15, -0.1) is 0 Å². The number of aromatic nitrogens is 1. The average molecular weight is 259 g/mol. The third-order valence-corrected chi connectivity index (χ3v) is 3.47. The normalized spacial score (nSPS) is 18.3. The summed E-state index contributed by atoms with van der Waals surface area (Å²) in [4.78, 5) is 20.0. The number of amides is 1. The van der Waals surface area contributed by atoms with Crippen molar-refractivity contribution in [2.45, 2.75) is 19.4 Å². The first-order valence-electron chi connectivity index (χ1n) is 6.06. The van der Waals surface area contributed by atoms with Crippen LogP contribution in [0, 0.1) is 11.3 Å². The minimum Gasteiger partial charge on any atom is -0.397 e. The van der Waals surface area contributed by atoms with Crippen molar-refractivity contribution >= 4 is 17.4 Å². The summed E-state index contributed by atoms with van der Waals surface area (Å²) in [6, 6.07) is 3.67. The van der Waals surface area contributed by atoms with Crippen molar-refractivity contribution in [2.24, 2.45) is 0 Å². The average Bonchev–Trinajstić information content (AvgIpc) is 2.37. The summed E-state index contributed by atoms with van der Waals surface area (Å²) < 4.78 is 0. The molecule has 1 amide bonds. The fourth-order valence-electron chi connectivity index (χ4n) is 2.36. The zero-order chi connectivity index (χ0) is 14.2. The van der Waals surface area contributed by atoms with E-state index in [4.69, 9.17) is 5.73 Å². The maximum Gasteiger partial charge on any atom is 0.247 e. The van der Waals surface area contributed by atoms with Gasteiger partial charge in [0, 0.05) is 20.1 Å². The maximum atomic E-state index is 12.2. The van der Waals surface area contributed by atoms with Crippen molar-refractivity contribution in [3.63, 3.8) is 0 Å². The monoisotopic (exact) mass is 259 g/mol. The fourth-order valence-corrected chi connectivity index (χ4v) is 2.36. The van der Waals surface area contributed by atoms with E-state index in [0.29, 0.717) is 30.2 Å². The minimum atomic E-state index is -0.721. The van der Waals surface area contributed by atoms with Gasteiger partial charge < -0.3 is 15.5 Å². The Kier molecular flexibility index (Phi) is 3.06. The van der Waals surface area contributed by atoms with Crippen LogP contribution in [0.25, 0.3) is 0 Å². The Hall–Kier alpha value is -2.29. The van der Waals surface area contributed by atoms with Gasteiger partial charge in [-0.05, 0) is 19.9 Å². The Labute approximate surface area is 112 Å². The minimum absolute atomic E-state index is 0.0151. The highest BCUT2D eigenvalue weighted by atomic mass is 16.2. The van der Waals surface area contributed by atoms with Gasteiger partial charge in [0.05, 0.1) is 17.4 Å². The maximum absolute atomic E-state index is 12.2. The number of carbonyl (C=O) groups is 1. The van der Waals surface area contributed by atoms with E-state index in [-0.39, 0.29) is 5.91 Å². The summed E-state index contributed by atoms with van der Waals surface area (Å²) in [6.45, 7) is 4.92. The van der Waals surface area contributed by atoms with Gasteiger partial charge in [-0.2, -0.15) is 5.26 Å². The lowest BCUT2D eigenvalue weighted by Crippen LogP contribution is -2.62. The van der Waals surface area contributed by atoms with Crippen molar-refractivity contribution < 1.29 is 4.79 Å². The van der Waals surface area contributed by atoms with Crippen LogP contribution in [0.3, 0.4) is 0 Å². The summed E-state index contributed by atoms with van der Waals surface area (Å²) >= 11 is 0. The Morgan fingerprint density at radius 2 is 2.16 bits per heavy atom. The number of rotatable bonds is 1. The third-order valence-electron chi connectivity index (χ3n) is 3.47. The lowest BCUT2D eigenvalue weighted by atomic mass is 9.97. The van der Waals surface area contributed by atoms with E-state index < -0.39 is 5.54 Å². The zero-order valence-electron chi connectivity index (χ0n) is 11.3. The lowest BCUT2D eigenvalue weighted by Gasteiger charge is -2.45. The van der Waals surface area contributed by atoms with Gasteiger partial charge in [-0.3, -0.25) is 4.79 Å². The summed E-state index contributed by atoms with van der Waals surface area (Å²) in [6.07, 6.45) is 1.51. The van der Waals surface area contributed by atoms with E-state index >= 15 is 0 Å². The van der Waals surface area contributed by atoms with E-state index in [9.17, 15) is 10.1 Å². The van der Waals surface area contributed by atoms with Crippen molar-refractivity contribution in [3.8, 4) is 6.07 Å². The van der Waals surface area contributed by atoms with E-state index in [0.717, 1.165) is 0 Å². The van der Waals surface area contributed by atoms with Crippen LogP contribution in [0.1, 0.15) is 19.4 Å². The molecule has 1 saturated heterocycles. The van der Waals surface area contributed by atoms with Crippen LogP contribution in [0.2, 0.25) is 0 Å². The first kappa shape index (κ1) is 13.1. The smallest absolute Gasteiger partial charge is 0.247 e. The van der Waals surface area contributed by atoms with Crippen molar-refractivity contribution in [2.75, 3.05) is 30.8 Å². The Morgan fingerprint density at radius 3 is 2.79 bits per heavy atom. The SMILES string of the molecule is CN1CCN(c2ncc(N)cc2C#N)C(C)(C)C1=O. The van der Waals surface area contributed by atoms with Gasteiger partial charge in [0.25, 0.3) is 0 Å². The van der Waals surface area contributed by atoms with Gasteiger partial charge in [-0.25, -0.2) is 4.98 Å². The number of piperazine rings is 1. The molecule has 2 N–H and O–H groups in total. The van der Waals surface area contributed by atoms with Crippen LogP contribution < -0.4 is 10.6 Å². The van der Waals surface area contributed by atoms with Gasteiger partial charge in [-0.1, -0.05) is 0 Å². The van der Waals surface area contributed by atoms with Crippen LogP contribution in [-0.2, 0) is 4.79 Å². The summed E-state index contributed by atoms with van der Waals surface area (Å²) in [5, 5.41) is 9.19. The van der Waals surface area contributed by atoms with Crippen molar-refractivity contribution in [1.29, 1.82) is 5.26 Å². The summed E-state index contributed by atoms with van der Waals surface area (Å²) in [7, 11) is 1.78. The van der Waals surface area contributed by atoms with E-state index in [2.05, 4.69) is 11.1 Å². The molecule has 100 valence electrons. The molecule has 1 fully saturated rings. The molecule has 0 unspecified atom stereocenters. The molecule has 6 heteroatoms. The highest BCUT2D eigenvalue weighted by Crippen LogP contribution is 2.29. The number of nitrogens with two attached hydrogens (primary N) is 1. The quantitative estimate of drug-likeness (QED) is 0.797. The molecule has 0 spiro atoms. The van der Waals surface area contributed by atoms with E-state index in [1.54, 1.807) is 18.0 Å². The molecule has 2 rings (SSSR count). The highest BCUT2D eigenvalue weighted by molar-refractivity contribution is 5.90. The van der Waals surface area contributed by atoms with Crippen LogP contribution in [0.5, 0.6) is 0 Å². The molecule has 1 aliphatic heterocycles. The number of nitrogens with zero attached hydrogens (tertiary/aromatic N) is 4. The fraction of sp³-hybridized carbons (Fsp3) is 0.462. The second kappa shape index (κ2) is 4.43. The number of hydrogen-bond donors (Lipinski definition) is 1. The number of nitrogen functional groups attached to an aromatic ring is 1. The number of anilines is 2. The molecule has 0 atom stereocenters. The molecule has 1 aromatic heterocycles. The van der Waals surface area contributed by atoms with Crippen molar-refractivity contribution in [1.82, 2.24) is 9.88 Å². The highest BCUT2D eigenvalue weighted by Gasteiger charge is 2.41. The summed E-state index contributed by atoms with van der Waals surface area (Å²) in [5.41, 5.74) is 5.76. The number of carbonyl (C=O) groups excluding carboxylic acids is 1. The zero-order valence-corrected chi connectivity index (χ0v) is 11.3. The van der Waals surface area contributed by atoms with Gasteiger partial charge in [0.2, 0.25) is 5.91 Å². The Balaban J connectivity index is 2.48. The van der Waals surface area contributed by atoms with Gasteiger partial charge >= 0.3 is 0 Å². The van der Waals surface area contributed by atoms with Crippen LogP contribution in [-0.4, -0.2) is 41.5 Å². The molecule has 0 aliphatic carbocycles. The molecular formula is C13H17N5O. The largest absolute Gasteiger partial charge is 0.397 e. The Bertz CT molecular complexity index is 561. The van der Waals surface area contributed by atoms with Crippen LogP contribution >= 0.6 is 0 Å². The summed E-state index contributed by atoms with van der Waals surface area (Å²) in [5.74, 6) is 0.532. The van der Waals surface area contributed by atoms with Gasteiger partial charge in [0.1, 0.15) is 17.4 Å². The van der Waals surface area contributed by atoms with Crippen LogP contribution in [0.15, 0.2) is 12.3 Å². The molecule has 0 aromatic carbocycles. The number of pyridine rings is 1. The topological polar surface area (TPSA) is 86.2 Å². The molecule has 2 heterocycles. The molecule has 0 radical (unpaired) electrons. The van der Waals surface area contributed by atoms with Crippen molar-refractivity contribution in [3.05, 3.63) is 17.8 Å². The first-order valence-corrected chi connectivity index (χ1v) is 6.06. The van der Waals surface area contributed by atoms with E-state index in [1.165, 1.54) is 6.20 Å². The predicted octanol–water partition coefficient (Wildman–Crippen LogP) is 0.592. The third kappa shape index (κ3) is 2.08. The molecule has 1 aromatic rings. The number of nitriles is 1. The standard InChI is InChI=1S/C13H17N5O/c1-13(2)12(19)17(3)4-5-18(13)11-9(7-14)6-10(15)8-16-11/h6,8H,4-5,15H2,1-3H3.